The minimum Gasteiger partial charge on any atom is -0.448 e. The van der Waals surface area contributed by atoms with Crippen molar-refractivity contribution in [3.05, 3.63) is 23.1 Å². The Hall–Kier alpha value is -0.160. The summed E-state index contributed by atoms with van der Waals surface area (Å²) >= 11 is 7.44. The fourth-order valence-corrected chi connectivity index (χ4v) is 3.06. The zero-order valence-corrected chi connectivity index (χ0v) is 9.90. The van der Waals surface area contributed by atoms with E-state index in [1.54, 1.807) is 17.8 Å². The van der Waals surface area contributed by atoms with Gasteiger partial charge in [-0.25, -0.2) is 0 Å². The van der Waals surface area contributed by atoms with Crippen molar-refractivity contribution in [2.45, 2.75) is 18.6 Å². The molecule has 0 aliphatic carbocycles. The van der Waals surface area contributed by atoms with Crippen LogP contribution in [0.1, 0.15) is 12.2 Å². The van der Waals surface area contributed by atoms with Gasteiger partial charge in [0.15, 0.2) is 5.22 Å². The largest absolute Gasteiger partial charge is 0.448 e. The van der Waals surface area contributed by atoms with Crippen molar-refractivity contribution in [3.8, 4) is 0 Å². The molecule has 0 radical (unpaired) electrons. The summed E-state index contributed by atoms with van der Waals surface area (Å²) in [5.41, 5.74) is -0.541. The first kappa shape index (κ1) is 11.3. The second-order valence-electron chi connectivity index (χ2n) is 3.84. The lowest BCUT2D eigenvalue weighted by molar-refractivity contribution is 0.0670. The Morgan fingerprint density at radius 2 is 2.47 bits per heavy atom. The van der Waals surface area contributed by atoms with E-state index in [2.05, 4.69) is 5.32 Å². The highest BCUT2D eigenvalue weighted by Gasteiger charge is 2.30. The first-order valence-electron chi connectivity index (χ1n) is 4.93. The average molecular weight is 248 g/mol. The standard InChI is InChI=1S/C10H14ClNO2S/c11-9-2-1-8(14-9)5-12-6-10(13)3-4-15-7-10/h1-2,12-13H,3-7H2. The van der Waals surface area contributed by atoms with Gasteiger partial charge in [-0.05, 0) is 35.9 Å². The van der Waals surface area contributed by atoms with Crippen molar-refractivity contribution in [2.24, 2.45) is 0 Å². The maximum atomic E-state index is 10.0. The van der Waals surface area contributed by atoms with E-state index in [1.807, 2.05) is 6.07 Å². The predicted molar refractivity (Wildman–Crippen MR) is 62.3 cm³/mol. The minimum atomic E-state index is -0.541. The van der Waals surface area contributed by atoms with Crippen molar-refractivity contribution < 1.29 is 9.52 Å². The number of thioether (sulfide) groups is 1. The van der Waals surface area contributed by atoms with E-state index >= 15 is 0 Å². The van der Waals surface area contributed by atoms with E-state index in [9.17, 15) is 5.11 Å². The van der Waals surface area contributed by atoms with Crippen LogP contribution in [0.5, 0.6) is 0 Å². The van der Waals surface area contributed by atoms with E-state index < -0.39 is 5.60 Å². The Kier molecular flexibility index (Phi) is 3.61. The second kappa shape index (κ2) is 4.78. The van der Waals surface area contributed by atoms with Crippen molar-refractivity contribution in [2.75, 3.05) is 18.1 Å². The second-order valence-corrected chi connectivity index (χ2v) is 5.31. The van der Waals surface area contributed by atoms with Crippen LogP contribution in [0.4, 0.5) is 0 Å². The van der Waals surface area contributed by atoms with Crippen LogP contribution in [-0.4, -0.2) is 28.8 Å². The van der Waals surface area contributed by atoms with Gasteiger partial charge in [-0.1, -0.05) is 0 Å². The molecule has 1 saturated heterocycles. The van der Waals surface area contributed by atoms with Crippen LogP contribution in [-0.2, 0) is 6.54 Å². The minimum absolute atomic E-state index is 0.405. The fourth-order valence-electron chi connectivity index (χ4n) is 1.60. The smallest absolute Gasteiger partial charge is 0.193 e. The van der Waals surface area contributed by atoms with E-state index in [0.717, 1.165) is 23.7 Å². The number of aliphatic hydroxyl groups is 1. The highest BCUT2D eigenvalue weighted by atomic mass is 35.5. The van der Waals surface area contributed by atoms with Crippen molar-refractivity contribution in [1.82, 2.24) is 5.32 Å². The van der Waals surface area contributed by atoms with E-state index in [1.165, 1.54) is 0 Å². The van der Waals surface area contributed by atoms with Crippen LogP contribution < -0.4 is 5.32 Å². The van der Waals surface area contributed by atoms with E-state index in [-0.39, 0.29) is 0 Å². The molecule has 84 valence electrons. The predicted octanol–water partition coefficient (Wildman–Crippen LogP) is 1.89. The van der Waals surface area contributed by atoms with Gasteiger partial charge in [0.1, 0.15) is 5.76 Å². The molecule has 2 heterocycles. The molecule has 1 unspecified atom stereocenters. The third kappa shape index (κ3) is 3.14. The summed E-state index contributed by atoms with van der Waals surface area (Å²) in [6, 6.07) is 3.56. The molecule has 2 N–H and O–H groups in total. The van der Waals surface area contributed by atoms with Crippen LogP contribution in [0.3, 0.4) is 0 Å². The summed E-state index contributed by atoms with van der Waals surface area (Å²) < 4.78 is 5.20. The van der Waals surface area contributed by atoms with Gasteiger partial charge in [0.2, 0.25) is 0 Å². The van der Waals surface area contributed by atoms with E-state index in [4.69, 9.17) is 16.0 Å². The summed E-state index contributed by atoms with van der Waals surface area (Å²) in [7, 11) is 0. The molecule has 0 spiro atoms. The maximum absolute atomic E-state index is 10.0. The molecule has 0 amide bonds. The van der Waals surface area contributed by atoms with Crippen LogP contribution >= 0.6 is 23.4 Å². The molecule has 0 saturated carbocycles. The van der Waals surface area contributed by atoms with Crippen LogP contribution in [0, 0.1) is 0 Å². The monoisotopic (exact) mass is 247 g/mol. The highest BCUT2D eigenvalue weighted by molar-refractivity contribution is 7.99. The number of halogens is 1. The van der Waals surface area contributed by atoms with Gasteiger partial charge in [0, 0.05) is 12.3 Å². The van der Waals surface area contributed by atoms with Gasteiger partial charge in [-0.15, -0.1) is 0 Å². The Morgan fingerprint density at radius 3 is 3.07 bits per heavy atom. The summed E-state index contributed by atoms with van der Waals surface area (Å²) in [4.78, 5) is 0. The number of hydrogen-bond acceptors (Lipinski definition) is 4. The molecular formula is C10H14ClNO2S. The quantitative estimate of drug-likeness (QED) is 0.853. The lowest BCUT2D eigenvalue weighted by atomic mass is 10.0. The first-order chi connectivity index (χ1) is 7.18. The zero-order chi connectivity index (χ0) is 10.7. The first-order valence-corrected chi connectivity index (χ1v) is 6.46. The third-order valence-corrected chi connectivity index (χ3v) is 3.90. The molecular weight excluding hydrogens is 234 g/mol. The van der Waals surface area contributed by atoms with Crippen molar-refractivity contribution in [3.63, 3.8) is 0 Å². The van der Waals surface area contributed by atoms with Gasteiger partial charge in [-0.2, -0.15) is 11.8 Å². The average Bonchev–Trinajstić information content (AvgIpc) is 2.76. The molecule has 1 aromatic heterocycles. The molecule has 1 aliphatic rings. The van der Waals surface area contributed by atoms with Gasteiger partial charge >= 0.3 is 0 Å². The normalized spacial score (nSPS) is 26.0. The Morgan fingerprint density at radius 1 is 1.60 bits per heavy atom. The molecule has 1 atom stereocenters. The number of nitrogens with one attached hydrogen (secondary N) is 1. The van der Waals surface area contributed by atoms with Crippen molar-refractivity contribution >= 4 is 23.4 Å². The lowest BCUT2D eigenvalue weighted by Crippen LogP contribution is -2.40. The molecule has 5 heteroatoms. The molecule has 2 rings (SSSR count). The molecule has 15 heavy (non-hydrogen) atoms. The van der Waals surface area contributed by atoms with E-state index in [0.29, 0.717) is 18.3 Å². The Balaban J connectivity index is 1.75. The zero-order valence-electron chi connectivity index (χ0n) is 8.33. The number of rotatable bonds is 4. The molecule has 0 aromatic carbocycles. The number of furan rings is 1. The maximum Gasteiger partial charge on any atom is 0.193 e. The Bertz CT molecular complexity index is 323. The molecule has 1 aromatic rings. The highest BCUT2D eigenvalue weighted by Crippen LogP contribution is 2.27. The summed E-state index contributed by atoms with van der Waals surface area (Å²) in [5.74, 6) is 2.66. The summed E-state index contributed by atoms with van der Waals surface area (Å²) in [6.07, 6.45) is 0.865. The van der Waals surface area contributed by atoms with Gasteiger partial charge in [-0.3, -0.25) is 0 Å². The van der Waals surface area contributed by atoms with Crippen LogP contribution in [0.15, 0.2) is 16.5 Å². The lowest BCUT2D eigenvalue weighted by Gasteiger charge is -2.21. The topological polar surface area (TPSA) is 45.4 Å². The summed E-state index contributed by atoms with van der Waals surface area (Å²) in [6.45, 7) is 1.22. The van der Waals surface area contributed by atoms with Gasteiger partial charge in [0.05, 0.1) is 12.1 Å². The Labute approximate surface area is 98.2 Å². The molecule has 1 aliphatic heterocycles. The van der Waals surface area contributed by atoms with Crippen LogP contribution in [0.25, 0.3) is 0 Å². The summed E-state index contributed by atoms with van der Waals surface area (Å²) in [5, 5.41) is 13.6. The van der Waals surface area contributed by atoms with Gasteiger partial charge in [0.25, 0.3) is 0 Å². The van der Waals surface area contributed by atoms with Gasteiger partial charge < -0.3 is 14.8 Å². The molecule has 3 nitrogen and oxygen atoms in total. The SMILES string of the molecule is OC1(CNCc2ccc(Cl)o2)CCSC1. The number of hydrogen-bond donors (Lipinski definition) is 2. The molecule has 0 bridgehead atoms. The third-order valence-electron chi connectivity index (χ3n) is 2.46. The molecule has 1 fully saturated rings. The van der Waals surface area contributed by atoms with Crippen molar-refractivity contribution in [1.29, 1.82) is 0 Å². The fraction of sp³-hybridized carbons (Fsp3) is 0.600. The van der Waals surface area contributed by atoms with Crippen LogP contribution in [0.2, 0.25) is 5.22 Å².